The highest BCUT2D eigenvalue weighted by atomic mass is 79.9. The molecule has 0 fully saturated rings. The van der Waals surface area contributed by atoms with Gasteiger partial charge in [0, 0.05) is 34.6 Å². The van der Waals surface area contributed by atoms with Crippen LogP contribution in [-0.4, -0.2) is 10.8 Å². The van der Waals surface area contributed by atoms with Gasteiger partial charge in [-0.05, 0) is 51.8 Å². The van der Waals surface area contributed by atoms with Crippen LogP contribution in [0.3, 0.4) is 0 Å². The van der Waals surface area contributed by atoms with E-state index in [0.717, 1.165) is 22.9 Å². The van der Waals surface area contributed by atoms with Crippen molar-refractivity contribution in [1.29, 1.82) is 0 Å². The molecule has 18 heavy (non-hydrogen) atoms. The smallest absolute Gasteiger partial charge is 0.137 e. The number of ketones is 1. The van der Waals surface area contributed by atoms with E-state index in [-0.39, 0.29) is 5.78 Å². The molecule has 0 saturated heterocycles. The van der Waals surface area contributed by atoms with Gasteiger partial charge in [0.05, 0.1) is 0 Å². The lowest BCUT2D eigenvalue weighted by Crippen LogP contribution is -2.03. The van der Waals surface area contributed by atoms with Crippen LogP contribution in [0, 0.1) is 0 Å². The molecule has 4 heteroatoms. The first-order valence-electron chi connectivity index (χ1n) is 5.87. The zero-order chi connectivity index (χ0) is 12.8. The van der Waals surface area contributed by atoms with E-state index in [1.165, 1.54) is 4.88 Å². The average Bonchev–Trinajstić information content (AvgIpc) is 2.82. The van der Waals surface area contributed by atoms with Crippen molar-refractivity contribution in [2.45, 2.75) is 25.7 Å². The molecule has 94 valence electrons. The predicted molar refractivity (Wildman–Crippen MR) is 77.9 cm³/mol. The van der Waals surface area contributed by atoms with E-state index in [1.54, 1.807) is 23.7 Å². The lowest BCUT2D eigenvalue weighted by atomic mass is 10.1. The molecule has 2 aromatic rings. The fraction of sp³-hybridized carbons (Fsp3) is 0.286. The van der Waals surface area contributed by atoms with Gasteiger partial charge in [0.15, 0.2) is 0 Å². The summed E-state index contributed by atoms with van der Waals surface area (Å²) in [6.45, 7) is 0. The average molecular weight is 324 g/mol. The SMILES string of the molecule is O=C(CCCc1cccs1)Cc1cncc(Br)c1. The minimum absolute atomic E-state index is 0.284. The van der Waals surface area contributed by atoms with Gasteiger partial charge in [0.1, 0.15) is 5.78 Å². The van der Waals surface area contributed by atoms with Gasteiger partial charge in [-0.15, -0.1) is 11.3 Å². The van der Waals surface area contributed by atoms with Gasteiger partial charge in [-0.3, -0.25) is 9.78 Å². The molecule has 0 atom stereocenters. The minimum atomic E-state index is 0.284. The molecule has 0 aliphatic heterocycles. The number of carbonyl (C=O) groups excluding carboxylic acids is 1. The Morgan fingerprint density at radius 3 is 3.00 bits per heavy atom. The number of pyridine rings is 1. The summed E-state index contributed by atoms with van der Waals surface area (Å²) in [7, 11) is 0. The standard InChI is InChI=1S/C14H14BrNOS/c15-12-7-11(9-16-10-12)8-13(17)3-1-4-14-5-2-6-18-14/h2,5-7,9-10H,1,3-4,8H2. The maximum absolute atomic E-state index is 11.8. The fourth-order valence-corrected chi connectivity index (χ4v) is 2.95. The molecule has 0 amide bonds. The second-order valence-electron chi connectivity index (χ2n) is 4.16. The molecule has 0 unspecified atom stereocenters. The Morgan fingerprint density at radius 2 is 2.28 bits per heavy atom. The highest BCUT2D eigenvalue weighted by molar-refractivity contribution is 9.10. The van der Waals surface area contributed by atoms with Gasteiger partial charge >= 0.3 is 0 Å². The summed E-state index contributed by atoms with van der Waals surface area (Å²) in [5.41, 5.74) is 0.977. The van der Waals surface area contributed by atoms with Gasteiger partial charge in [-0.1, -0.05) is 6.07 Å². The normalized spacial score (nSPS) is 10.5. The number of aryl methyl sites for hydroxylation is 1. The molecule has 0 N–H and O–H groups in total. The summed E-state index contributed by atoms with van der Waals surface area (Å²) < 4.78 is 0.923. The molecule has 0 aliphatic rings. The van der Waals surface area contributed by atoms with Gasteiger partial charge < -0.3 is 0 Å². The van der Waals surface area contributed by atoms with Crippen molar-refractivity contribution in [3.05, 3.63) is 50.9 Å². The van der Waals surface area contributed by atoms with Crippen LogP contribution in [0.5, 0.6) is 0 Å². The molecule has 0 saturated carbocycles. The lowest BCUT2D eigenvalue weighted by molar-refractivity contribution is -0.118. The third kappa shape index (κ3) is 4.35. The molecule has 0 aliphatic carbocycles. The first kappa shape index (κ1) is 13.4. The second-order valence-corrected chi connectivity index (χ2v) is 6.11. The van der Waals surface area contributed by atoms with E-state index < -0.39 is 0 Å². The number of halogens is 1. The second kappa shape index (κ2) is 6.81. The number of thiophene rings is 1. The Balaban J connectivity index is 1.75. The quantitative estimate of drug-likeness (QED) is 0.803. The van der Waals surface area contributed by atoms with Gasteiger partial charge in [0.25, 0.3) is 0 Å². The zero-order valence-electron chi connectivity index (χ0n) is 9.93. The third-order valence-electron chi connectivity index (χ3n) is 2.62. The summed E-state index contributed by atoms with van der Waals surface area (Å²) >= 11 is 5.11. The molecule has 2 rings (SSSR count). The molecule has 0 aromatic carbocycles. The molecule has 2 nitrogen and oxygen atoms in total. The highest BCUT2D eigenvalue weighted by Crippen LogP contribution is 2.14. The van der Waals surface area contributed by atoms with Crippen LogP contribution < -0.4 is 0 Å². The van der Waals surface area contributed by atoms with Crippen molar-refractivity contribution >= 4 is 33.0 Å². The number of hydrogen-bond donors (Lipinski definition) is 0. The molecular formula is C14H14BrNOS. The first-order valence-corrected chi connectivity index (χ1v) is 7.55. The zero-order valence-corrected chi connectivity index (χ0v) is 12.3. The Labute approximate surface area is 119 Å². The Kier molecular flexibility index (Phi) is 5.08. The molecular weight excluding hydrogens is 310 g/mol. The van der Waals surface area contributed by atoms with Crippen molar-refractivity contribution in [1.82, 2.24) is 4.98 Å². The van der Waals surface area contributed by atoms with Gasteiger partial charge in [-0.25, -0.2) is 0 Å². The van der Waals surface area contributed by atoms with Crippen LogP contribution >= 0.6 is 27.3 Å². The molecule has 0 bridgehead atoms. The van der Waals surface area contributed by atoms with Crippen LogP contribution in [0.2, 0.25) is 0 Å². The van der Waals surface area contributed by atoms with Crippen molar-refractivity contribution in [3.63, 3.8) is 0 Å². The number of rotatable bonds is 6. The van der Waals surface area contributed by atoms with E-state index in [0.29, 0.717) is 12.8 Å². The highest BCUT2D eigenvalue weighted by Gasteiger charge is 2.05. The lowest BCUT2D eigenvalue weighted by Gasteiger charge is -2.01. The van der Waals surface area contributed by atoms with Crippen LogP contribution in [-0.2, 0) is 17.6 Å². The van der Waals surface area contributed by atoms with E-state index in [2.05, 4.69) is 38.4 Å². The van der Waals surface area contributed by atoms with Crippen LogP contribution in [0.1, 0.15) is 23.3 Å². The van der Waals surface area contributed by atoms with E-state index >= 15 is 0 Å². The third-order valence-corrected chi connectivity index (χ3v) is 3.99. The van der Waals surface area contributed by atoms with Crippen molar-refractivity contribution in [2.75, 3.05) is 0 Å². The summed E-state index contributed by atoms with van der Waals surface area (Å²) in [4.78, 5) is 17.2. The molecule has 0 radical (unpaired) electrons. The Morgan fingerprint density at radius 1 is 1.39 bits per heavy atom. The minimum Gasteiger partial charge on any atom is -0.299 e. The Hall–Kier alpha value is -1.00. The summed E-state index contributed by atoms with van der Waals surface area (Å²) in [6.07, 6.45) is 6.54. The molecule has 0 spiro atoms. The largest absolute Gasteiger partial charge is 0.299 e. The van der Waals surface area contributed by atoms with Crippen molar-refractivity contribution in [3.8, 4) is 0 Å². The van der Waals surface area contributed by atoms with Crippen molar-refractivity contribution < 1.29 is 4.79 Å². The number of aromatic nitrogens is 1. The summed E-state index contributed by atoms with van der Waals surface area (Å²) in [5, 5.41) is 2.07. The number of Topliss-reactive ketones (excluding diaryl/α,β-unsaturated/α-hetero) is 1. The molecule has 2 heterocycles. The number of carbonyl (C=O) groups is 1. The van der Waals surface area contributed by atoms with Crippen LogP contribution in [0.25, 0.3) is 0 Å². The monoisotopic (exact) mass is 323 g/mol. The predicted octanol–water partition coefficient (Wildman–Crippen LogP) is 4.04. The van der Waals surface area contributed by atoms with Crippen LogP contribution in [0.4, 0.5) is 0 Å². The maximum Gasteiger partial charge on any atom is 0.137 e. The van der Waals surface area contributed by atoms with Gasteiger partial charge in [0.2, 0.25) is 0 Å². The molecule has 2 aromatic heterocycles. The van der Waals surface area contributed by atoms with E-state index in [9.17, 15) is 4.79 Å². The Bertz CT molecular complexity index is 510. The first-order chi connectivity index (χ1) is 8.74. The number of nitrogens with zero attached hydrogens (tertiary/aromatic N) is 1. The maximum atomic E-state index is 11.8. The topological polar surface area (TPSA) is 30.0 Å². The number of hydrogen-bond acceptors (Lipinski definition) is 3. The summed E-state index contributed by atoms with van der Waals surface area (Å²) in [6, 6.07) is 6.12. The summed E-state index contributed by atoms with van der Waals surface area (Å²) in [5.74, 6) is 0.284. The van der Waals surface area contributed by atoms with Crippen molar-refractivity contribution in [2.24, 2.45) is 0 Å². The van der Waals surface area contributed by atoms with E-state index in [4.69, 9.17) is 0 Å². The van der Waals surface area contributed by atoms with E-state index in [1.807, 2.05) is 6.07 Å². The van der Waals surface area contributed by atoms with Gasteiger partial charge in [-0.2, -0.15) is 0 Å². The fourth-order valence-electron chi connectivity index (χ4n) is 1.78. The van der Waals surface area contributed by atoms with Crippen LogP contribution in [0.15, 0.2) is 40.4 Å².